The van der Waals surface area contributed by atoms with E-state index >= 15 is 0 Å². The molecule has 6 aromatic carbocycles. The maximum atomic E-state index is 6.37. The van der Waals surface area contributed by atoms with Crippen molar-refractivity contribution in [2.24, 2.45) is 9.98 Å². The highest BCUT2D eigenvalue weighted by molar-refractivity contribution is 6.31. The molecule has 1 aliphatic heterocycles. The van der Waals surface area contributed by atoms with E-state index in [0.29, 0.717) is 20.1 Å². The molecule has 2 N–H and O–H groups in total. The Hall–Kier alpha value is -4.58. The van der Waals surface area contributed by atoms with Crippen molar-refractivity contribution in [1.29, 1.82) is 0 Å². The van der Waals surface area contributed by atoms with Gasteiger partial charge in [0.15, 0.2) is 0 Å². The third-order valence-corrected chi connectivity index (χ3v) is 9.81. The molecule has 7 rings (SSSR count). The second-order valence-electron chi connectivity index (χ2n) is 12.1. The first-order chi connectivity index (χ1) is 24.4. The Kier molecular flexibility index (Phi) is 10.5. The number of para-hydroxylation sites is 2. The van der Waals surface area contributed by atoms with Gasteiger partial charge in [-0.1, -0.05) is 131 Å². The first-order valence-electron chi connectivity index (χ1n) is 16.2. The molecule has 0 aliphatic carbocycles. The quantitative estimate of drug-likeness (QED) is 0.189. The summed E-state index contributed by atoms with van der Waals surface area (Å²) in [4.78, 5) is 10.7. The number of nitrogens with one attached hydrogen (secondary N) is 2. The number of fused-ring (bicyclic) bond motifs is 2. The van der Waals surface area contributed by atoms with Gasteiger partial charge < -0.3 is 10.6 Å². The number of anilines is 2. The van der Waals surface area contributed by atoms with E-state index in [1.165, 1.54) is 0 Å². The second-order valence-corrected chi connectivity index (χ2v) is 13.8. The van der Waals surface area contributed by atoms with Crippen molar-refractivity contribution in [1.82, 2.24) is 0 Å². The average Bonchev–Trinajstić information content (AvgIpc) is 3.13. The van der Waals surface area contributed by atoms with E-state index in [4.69, 9.17) is 56.4 Å². The summed E-state index contributed by atoms with van der Waals surface area (Å²) in [5, 5.41) is 10.4. The highest BCUT2D eigenvalue weighted by Gasteiger charge is 2.28. The Morgan fingerprint density at radius 1 is 0.360 bits per heavy atom. The molecule has 248 valence electrons. The Balaban J connectivity index is 1.45. The van der Waals surface area contributed by atoms with Gasteiger partial charge in [-0.25, -0.2) is 0 Å². The Morgan fingerprint density at radius 2 is 0.660 bits per heavy atom. The van der Waals surface area contributed by atoms with E-state index in [1.54, 1.807) is 0 Å². The highest BCUT2D eigenvalue weighted by Crippen LogP contribution is 2.40. The fourth-order valence-corrected chi connectivity index (χ4v) is 6.72. The Bertz CT molecular complexity index is 1960. The van der Waals surface area contributed by atoms with Crippen LogP contribution in [0.4, 0.5) is 11.4 Å². The van der Waals surface area contributed by atoms with Crippen LogP contribution < -0.4 is 10.6 Å². The molecule has 1 aliphatic rings. The Labute approximate surface area is 312 Å². The number of halogens is 4. The van der Waals surface area contributed by atoms with E-state index < -0.39 is 0 Å². The van der Waals surface area contributed by atoms with Crippen LogP contribution in [-0.2, 0) is 0 Å². The fourth-order valence-electron chi connectivity index (χ4n) is 6.22. The standard InChI is InChI=1S/C42H32Cl4N4/c43-33-17-9-27(10-18-33)39-42(30-15-23-36(46)24-16-30)50-38-8-4-2-6-32(38)26-48-40(28-11-19-34(44)20-12-28)41(29-13-21-35(45)22-14-29)49-37-7-3-1-5-31(37)25-47-39/h1-26,39-42,49-50H/t39-,40-,41-,42-/m0/s1. The molecule has 4 atom stereocenters. The summed E-state index contributed by atoms with van der Waals surface area (Å²) in [7, 11) is 0. The van der Waals surface area contributed by atoms with Gasteiger partial charge >= 0.3 is 0 Å². The van der Waals surface area contributed by atoms with Gasteiger partial charge in [0.25, 0.3) is 0 Å². The maximum absolute atomic E-state index is 6.37. The van der Waals surface area contributed by atoms with E-state index in [9.17, 15) is 0 Å². The van der Waals surface area contributed by atoms with Gasteiger partial charge in [0, 0.05) is 55.0 Å². The third kappa shape index (κ3) is 7.90. The lowest BCUT2D eigenvalue weighted by Crippen LogP contribution is -2.21. The molecule has 0 amide bonds. The maximum Gasteiger partial charge on any atom is 0.0992 e. The van der Waals surface area contributed by atoms with Crippen LogP contribution in [0.15, 0.2) is 156 Å². The molecule has 4 nitrogen and oxygen atoms in total. The van der Waals surface area contributed by atoms with E-state index in [0.717, 1.165) is 44.8 Å². The molecular weight excluding hydrogens is 702 g/mol. The lowest BCUT2D eigenvalue weighted by Gasteiger charge is -2.30. The number of hydrogen-bond acceptors (Lipinski definition) is 4. The summed E-state index contributed by atoms with van der Waals surface area (Å²) >= 11 is 25.5. The van der Waals surface area contributed by atoms with Gasteiger partial charge in [-0.15, -0.1) is 0 Å². The van der Waals surface area contributed by atoms with Crippen molar-refractivity contribution < 1.29 is 0 Å². The largest absolute Gasteiger partial charge is 0.375 e. The van der Waals surface area contributed by atoms with Gasteiger partial charge in [-0.3, -0.25) is 9.98 Å². The SMILES string of the molecule is Clc1ccc([C@@H]2N=Cc3ccccc3N[C@@H](c3ccc(Cl)cc3)[C@H](c3ccc(Cl)cc3)N=Cc3ccccc3N[C@H]2c2ccc(Cl)cc2)cc1. The minimum Gasteiger partial charge on any atom is -0.375 e. The zero-order valence-electron chi connectivity index (χ0n) is 26.7. The summed E-state index contributed by atoms with van der Waals surface area (Å²) in [5.41, 5.74) is 7.74. The molecule has 1 heterocycles. The van der Waals surface area contributed by atoms with Crippen LogP contribution in [-0.4, -0.2) is 12.4 Å². The van der Waals surface area contributed by atoms with Crippen LogP contribution >= 0.6 is 46.4 Å². The smallest absolute Gasteiger partial charge is 0.0992 e. The Morgan fingerprint density at radius 3 is 1.00 bits per heavy atom. The number of benzene rings is 6. The molecule has 0 unspecified atom stereocenters. The molecule has 0 aromatic heterocycles. The van der Waals surface area contributed by atoms with E-state index in [2.05, 4.69) is 34.9 Å². The van der Waals surface area contributed by atoms with Crippen LogP contribution in [0, 0.1) is 0 Å². The summed E-state index contributed by atoms with van der Waals surface area (Å²) in [6, 6.07) is 46.6. The lowest BCUT2D eigenvalue weighted by molar-refractivity contribution is 0.611. The van der Waals surface area contributed by atoms with Crippen LogP contribution in [0.5, 0.6) is 0 Å². The van der Waals surface area contributed by atoms with Crippen molar-refractivity contribution in [3.8, 4) is 0 Å². The zero-order chi connectivity index (χ0) is 34.5. The van der Waals surface area contributed by atoms with Gasteiger partial charge in [-0.2, -0.15) is 0 Å². The molecule has 8 heteroatoms. The lowest BCUT2D eigenvalue weighted by atomic mass is 9.92. The van der Waals surface area contributed by atoms with Gasteiger partial charge in [0.05, 0.1) is 24.2 Å². The molecule has 0 spiro atoms. The van der Waals surface area contributed by atoms with Gasteiger partial charge in [-0.05, 0) is 82.9 Å². The van der Waals surface area contributed by atoms with E-state index in [1.807, 2.05) is 134 Å². The minimum absolute atomic E-state index is 0.281. The number of aliphatic imine (C=N–C) groups is 2. The van der Waals surface area contributed by atoms with Gasteiger partial charge in [0.2, 0.25) is 0 Å². The van der Waals surface area contributed by atoms with Crippen molar-refractivity contribution >= 4 is 70.2 Å². The van der Waals surface area contributed by atoms with Crippen LogP contribution in [0.2, 0.25) is 20.1 Å². The molecular formula is C42H32Cl4N4. The normalized spacial score (nSPS) is 19.0. The van der Waals surface area contributed by atoms with Crippen molar-refractivity contribution in [2.75, 3.05) is 10.6 Å². The first kappa shape index (κ1) is 33.9. The second kappa shape index (κ2) is 15.5. The molecule has 0 fully saturated rings. The minimum atomic E-state index is -0.344. The summed E-state index contributed by atoms with van der Waals surface area (Å²) < 4.78 is 0. The van der Waals surface area contributed by atoms with Gasteiger partial charge in [0.1, 0.15) is 0 Å². The fraction of sp³-hybridized carbons (Fsp3) is 0.0952. The summed E-state index contributed by atoms with van der Waals surface area (Å²) in [5.74, 6) is 0. The number of nitrogens with zero attached hydrogens (tertiary/aromatic N) is 2. The zero-order valence-corrected chi connectivity index (χ0v) is 29.8. The number of rotatable bonds is 4. The molecule has 50 heavy (non-hydrogen) atoms. The average molecular weight is 735 g/mol. The highest BCUT2D eigenvalue weighted by atomic mass is 35.5. The van der Waals surface area contributed by atoms with Crippen LogP contribution in [0.3, 0.4) is 0 Å². The first-order valence-corrected chi connectivity index (χ1v) is 17.7. The number of hydrogen-bond donors (Lipinski definition) is 2. The molecule has 0 saturated carbocycles. The van der Waals surface area contributed by atoms with Crippen LogP contribution in [0.1, 0.15) is 57.5 Å². The molecule has 0 radical (unpaired) electrons. The molecule has 0 saturated heterocycles. The predicted molar refractivity (Wildman–Crippen MR) is 212 cm³/mol. The van der Waals surface area contributed by atoms with Crippen molar-refractivity contribution in [3.63, 3.8) is 0 Å². The third-order valence-electron chi connectivity index (χ3n) is 8.80. The monoisotopic (exact) mass is 732 g/mol. The molecule has 6 aromatic rings. The van der Waals surface area contributed by atoms with Crippen LogP contribution in [0.25, 0.3) is 0 Å². The summed E-state index contributed by atoms with van der Waals surface area (Å²) in [6.45, 7) is 0. The van der Waals surface area contributed by atoms with Crippen molar-refractivity contribution in [3.05, 3.63) is 199 Å². The van der Waals surface area contributed by atoms with Crippen molar-refractivity contribution in [2.45, 2.75) is 24.2 Å². The molecule has 0 bridgehead atoms. The van der Waals surface area contributed by atoms with E-state index in [-0.39, 0.29) is 24.2 Å². The summed E-state index contributed by atoms with van der Waals surface area (Å²) in [6.07, 6.45) is 3.90. The topological polar surface area (TPSA) is 48.8 Å². The predicted octanol–water partition coefficient (Wildman–Crippen LogP) is 12.6.